The molecule has 4 N–H and O–H groups in total. The maximum absolute atomic E-state index is 12.0. The van der Waals surface area contributed by atoms with Crippen LogP contribution in [0.1, 0.15) is 28.8 Å². The number of anilines is 1. The molecule has 1 aliphatic rings. The summed E-state index contributed by atoms with van der Waals surface area (Å²) >= 11 is 1.95. The molecule has 0 bridgehead atoms. The molecule has 1 atom stereocenters. The molecule has 1 aromatic carbocycles. The number of hydrazine groups is 1. The molecule has 5 heteroatoms. The van der Waals surface area contributed by atoms with Gasteiger partial charge in [-0.1, -0.05) is 0 Å². The van der Waals surface area contributed by atoms with Gasteiger partial charge < -0.3 is 10.7 Å². The Morgan fingerprint density at radius 2 is 2.39 bits per heavy atom. The van der Waals surface area contributed by atoms with Gasteiger partial charge in [0.25, 0.3) is 5.91 Å². The number of nitrogens with one attached hydrogen (secondary N) is 2. The predicted octanol–water partition coefficient (Wildman–Crippen LogP) is 1.91. The molecule has 0 saturated carbocycles. The van der Waals surface area contributed by atoms with E-state index < -0.39 is 0 Å². The summed E-state index contributed by atoms with van der Waals surface area (Å²) in [6.45, 7) is 2.69. The van der Waals surface area contributed by atoms with E-state index in [9.17, 15) is 4.79 Å². The van der Waals surface area contributed by atoms with E-state index in [0.717, 1.165) is 17.8 Å². The van der Waals surface area contributed by atoms with Crippen molar-refractivity contribution in [2.75, 3.05) is 17.7 Å². The number of thioether (sulfide) groups is 1. The molecule has 1 amide bonds. The van der Waals surface area contributed by atoms with Crippen molar-refractivity contribution < 1.29 is 4.79 Å². The lowest BCUT2D eigenvalue weighted by Gasteiger charge is -2.11. The predicted molar refractivity (Wildman–Crippen MR) is 76.8 cm³/mol. The lowest BCUT2D eigenvalue weighted by molar-refractivity contribution is 0.0953. The topological polar surface area (TPSA) is 67.2 Å². The highest BCUT2D eigenvalue weighted by Gasteiger charge is 2.16. The quantitative estimate of drug-likeness (QED) is 0.574. The molecule has 1 fully saturated rings. The second-order valence-corrected chi connectivity index (χ2v) is 5.93. The summed E-state index contributed by atoms with van der Waals surface area (Å²) in [5, 5.41) is 3.58. The van der Waals surface area contributed by atoms with E-state index in [1.165, 1.54) is 18.6 Å². The number of nitrogen functional groups attached to an aromatic ring is 1. The molecule has 98 valence electrons. The average molecular weight is 265 g/mol. The second kappa shape index (κ2) is 6.11. The van der Waals surface area contributed by atoms with Crippen LogP contribution in [0, 0.1) is 6.92 Å². The average Bonchev–Trinajstić information content (AvgIpc) is 2.89. The summed E-state index contributed by atoms with van der Waals surface area (Å²) in [6.07, 6.45) is 2.47. The molecule has 1 aromatic rings. The Morgan fingerprint density at radius 1 is 1.56 bits per heavy atom. The van der Waals surface area contributed by atoms with Gasteiger partial charge in [-0.05, 0) is 49.3 Å². The van der Waals surface area contributed by atoms with Crippen LogP contribution in [0.5, 0.6) is 0 Å². The number of hydrogen-bond acceptors (Lipinski definition) is 4. The number of rotatable bonds is 4. The van der Waals surface area contributed by atoms with Crippen molar-refractivity contribution in [2.45, 2.75) is 25.0 Å². The van der Waals surface area contributed by atoms with E-state index in [-0.39, 0.29) is 5.91 Å². The van der Waals surface area contributed by atoms with Crippen molar-refractivity contribution in [1.29, 1.82) is 0 Å². The SMILES string of the molecule is Cc1cc(C(=O)NCC2CCCS2)ccc1NN. The highest BCUT2D eigenvalue weighted by Crippen LogP contribution is 2.25. The van der Waals surface area contributed by atoms with Crippen molar-refractivity contribution in [3.05, 3.63) is 29.3 Å². The maximum Gasteiger partial charge on any atom is 0.251 e. The third-order valence-corrected chi connectivity index (χ3v) is 4.56. The van der Waals surface area contributed by atoms with Crippen LogP contribution in [-0.2, 0) is 0 Å². The largest absolute Gasteiger partial charge is 0.351 e. The van der Waals surface area contributed by atoms with Crippen LogP contribution in [0.2, 0.25) is 0 Å². The maximum atomic E-state index is 12.0. The molecule has 1 unspecified atom stereocenters. The first-order valence-electron chi connectivity index (χ1n) is 6.18. The van der Waals surface area contributed by atoms with Gasteiger partial charge in [0.05, 0.1) is 5.69 Å². The van der Waals surface area contributed by atoms with Gasteiger partial charge >= 0.3 is 0 Å². The number of aryl methyl sites for hydroxylation is 1. The van der Waals surface area contributed by atoms with Gasteiger partial charge in [0.15, 0.2) is 0 Å². The third-order valence-electron chi connectivity index (χ3n) is 3.16. The van der Waals surface area contributed by atoms with Crippen LogP contribution in [0.3, 0.4) is 0 Å². The number of benzene rings is 1. The molecule has 1 heterocycles. The summed E-state index contributed by atoms with van der Waals surface area (Å²) in [5.74, 6) is 6.58. The Hall–Kier alpha value is -1.20. The smallest absolute Gasteiger partial charge is 0.251 e. The Labute approximate surface area is 112 Å². The summed E-state index contributed by atoms with van der Waals surface area (Å²) in [4.78, 5) is 12.0. The molecule has 0 spiro atoms. The zero-order chi connectivity index (χ0) is 13.0. The zero-order valence-electron chi connectivity index (χ0n) is 10.5. The first kappa shape index (κ1) is 13.2. The van der Waals surface area contributed by atoms with Gasteiger partial charge in [0.1, 0.15) is 0 Å². The monoisotopic (exact) mass is 265 g/mol. The molecule has 0 aromatic heterocycles. The lowest BCUT2D eigenvalue weighted by atomic mass is 10.1. The normalized spacial score (nSPS) is 18.7. The number of hydrogen-bond donors (Lipinski definition) is 3. The number of nitrogens with two attached hydrogens (primary N) is 1. The molecule has 0 radical (unpaired) electrons. The van der Waals surface area contributed by atoms with Crippen molar-refractivity contribution in [3.8, 4) is 0 Å². The van der Waals surface area contributed by atoms with Crippen LogP contribution in [-0.4, -0.2) is 23.5 Å². The molecular weight excluding hydrogens is 246 g/mol. The van der Waals surface area contributed by atoms with E-state index in [2.05, 4.69) is 10.7 Å². The molecule has 2 rings (SSSR count). The van der Waals surface area contributed by atoms with Gasteiger partial charge in [0.2, 0.25) is 0 Å². The number of amides is 1. The van der Waals surface area contributed by atoms with Crippen LogP contribution in [0.15, 0.2) is 18.2 Å². The Morgan fingerprint density at radius 3 is 3.00 bits per heavy atom. The lowest BCUT2D eigenvalue weighted by Crippen LogP contribution is -2.29. The Balaban J connectivity index is 1.93. The van der Waals surface area contributed by atoms with E-state index >= 15 is 0 Å². The fourth-order valence-electron chi connectivity index (χ4n) is 2.08. The highest BCUT2D eigenvalue weighted by molar-refractivity contribution is 8.00. The minimum atomic E-state index is -0.00540. The fraction of sp³-hybridized carbons (Fsp3) is 0.462. The van der Waals surface area contributed by atoms with Crippen LogP contribution in [0.4, 0.5) is 5.69 Å². The minimum Gasteiger partial charge on any atom is -0.351 e. The minimum absolute atomic E-state index is 0.00540. The Kier molecular flexibility index (Phi) is 4.49. The van der Waals surface area contributed by atoms with Gasteiger partial charge in [-0.2, -0.15) is 11.8 Å². The molecule has 18 heavy (non-hydrogen) atoms. The zero-order valence-corrected chi connectivity index (χ0v) is 11.3. The van der Waals surface area contributed by atoms with Gasteiger partial charge in [-0.25, -0.2) is 0 Å². The van der Waals surface area contributed by atoms with E-state index in [1.54, 1.807) is 6.07 Å². The van der Waals surface area contributed by atoms with Crippen LogP contribution < -0.4 is 16.6 Å². The second-order valence-electron chi connectivity index (χ2n) is 4.52. The first-order chi connectivity index (χ1) is 8.70. The summed E-state index contributed by atoms with van der Waals surface area (Å²) in [6, 6.07) is 5.47. The highest BCUT2D eigenvalue weighted by atomic mass is 32.2. The molecule has 1 saturated heterocycles. The first-order valence-corrected chi connectivity index (χ1v) is 7.22. The van der Waals surface area contributed by atoms with Crippen LogP contribution >= 0.6 is 11.8 Å². The standard InChI is InChI=1S/C13H19N3OS/c1-9-7-10(4-5-12(9)16-14)13(17)15-8-11-3-2-6-18-11/h4-5,7,11,16H,2-3,6,8,14H2,1H3,(H,15,17). The number of carbonyl (C=O) groups excluding carboxylic acids is 1. The molecule has 1 aliphatic heterocycles. The van der Waals surface area contributed by atoms with Crippen molar-refractivity contribution >= 4 is 23.4 Å². The number of carbonyl (C=O) groups is 1. The summed E-state index contributed by atoms with van der Waals surface area (Å²) < 4.78 is 0. The fourth-order valence-corrected chi connectivity index (χ4v) is 3.28. The molecule has 0 aliphatic carbocycles. The van der Waals surface area contributed by atoms with Gasteiger partial charge in [-0.3, -0.25) is 10.6 Å². The van der Waals surface area contributed by atoms with E-state index in [4.69, 9.17) is 5.84 Å². The summed E-state index contributed by atoms with van der Waals surface area (Å²) in [5.41, 5.74) is 5.11. The van der Waals surface area contributed by atoms with Gasteiger partial charge in [0, 0.05) is 17.4 Å². The molecular formula is C13H19N3OS. The Bertz CT molecular complexity index is 430. The van der Waals surface area contributed by atoms with E-state index in [1.807, 2.05) is 30.8 Å². The van der Waals surface area contributed by atoms with Crippen molar-refractivity contribution in [1.82, 2.24) is 5.32 Å². The molecule has 4 nitrogen and oxygen atoms in total. The van der Waals surface area contributed by atoms with Crippen molar-refractivity contribution in [2.24, 2.45) is 5.84 Å². The van der Waals surface area contributed by atoms with E-state index in [0.29, 0.717) is 10.8 Å². The summed E-state index contributed by atoms with van der Waals surface area (Å²) in [7, 11) is 0. The van der Waals surface area contributed by atoms with Crippen molar-refractivity contribution in [3.63, 3.8) is 0 Å². The van der Waals surface area contributed by atoms with Crippen LogP contribution in [0.25, 0.3) is 0 Å². The third kappa shape index (κ3) is 3.17. The van der Waals surface area contributed by atoms with Gasteiger partial charge in [-0.15, -0.1) is 0 Å².